The third kappa shape index (κ3) is 2.85. The van der Waals surface area contributed by atoms with E-state index in [0.717, 1.165) is 0 Å². The summed E-state index contributed by atoms with van der Waals surface area (Å²) >= 11 is 0. The van der Waals surface area contributed by atoms with Crippen molar-refractivity contribution >= 4 is 23.3 Å². The quantitative estimate of drug-likeness (QED) is 0.617. The minimum Gasteiger partial charge on any atom is -0.512 e. The molecule has 7 nitrogen and oxygen atoms in total. The van der Waals surface area contributed by atoms with Crippen LogP contribution in [-0.4, -0.2) is 40.6 Å². The number of ether oxygens (including phenoxy) is 1. The number of carbonyl (C=O) groups excluding carboxylic acids is 4. The number of carbonyl (C=O) groups is 4. The Morgan fingerprint density at radius 2 is 1.89 bits per heavy atom. The Hall–Kier alpha value is -3.22. The molecule has 0 bridgehead atoms. The van der Waals surface area contributed by atoms with Crippen LogP contribution in [0.5, 0.6) is 5.75 Å². The Balaban J connectivity index is 2.27. The summed E-state index contributed by atoms with van der Waals surface area (Å²) in [4.78, 5) is 49.9. The van der Waals surface area contributed by atoms with E-state index in [2.05, 4.69) is 4.74 Å². The Labute approximate surface area is 154 Å². The molecule has 1 aromatic carbocycles. The maximum atomic E-state index is 12.9. The minimum atomic E-state index is -1.13. The summed E-state index contributed by atoms with van der Waals surface area (Å²) in [5, 5.41) is 20.8. The van der Waals surface area contributed by atoms with E-state index in [4.69, 9.17) is 0 Å². The molecule has 2 unspecified atom stereocenters. The Morgan fingerprint density at radius 3 is 2.52 bits per heavy atom. The van der Waals surface area contributed by atoms with Crippen LogP contribution in [0.25, 0.3) is 0 Å². The predicted octanol–water partition coefficient (Wildman–Crippen LogP) is 2.32. The van der Waals surface area contributed by atoms with Crippen LogP contribution in [0.15, 0.2) is 30.1 Å². The molecule has 2 aliphatic carbocycles. The lowest BCUT2D eigenvalue weighted by molar-refractivity contribution is -0.139. The van der Waals surface area contributed by atoms with Crippen LogP contribution in [0.4, 0.5) is 0 Å². The lowest BCUT2D eigenvalue weighted by Gasteiger charge is -2.31. The number of methoxy groups -OCH3 is 1. The van der Waals surface area contributed by atoms with Gasteiger partial charge in [0, 0.05) is 12.0 Å². The number of phenols is 1. The number of allylic oxidation sites excluding steroid dienone is 4. The predicted molar refractivity (Wildman–Crippen MR) is 93.9 cm³/mol. The van der Waals surface area contributed by atoms with Crippen molar-refractivity contribution in [2.24, 2.45) is 11.8 Å². The van der Waals surface area contributed by atoms with Crippen LogP contribution in [-0.2, 0) is 16.0 Å². The van der Waals surface area contributed by atoms with Crippen LogP contribution < -0.4 is 0 Å². The second-order valence-electron chi connectivity index (χ2n) is 6.42. The number of hydrogen-bond donors (Lipinski definition) is 2. The van der Waals surface area contributed by atoms with E-state index in [1.165, 1.54) is 31.4 Å². The molecule has 0 saturated heterocycles. The summed E-state index contributed by atoms with van der Waals surface area (Å²) < 4.78 is 4.62. The van der Waals surface area contributed by atoms with Gasteiger partial charge < -0.3 is 14.9 Å². The van der Waals surface area contributed by atoms with E-state index in [1.807, 2.05) is 0 Å². The number of ketones is 3. The molecule has 0 spiro atoms. The number of aliphatic hydroxyl groups excluding tert-OH is 1. The van der Waals surface area contributed by atoms with Gasteiger partial charge in [-0.3, -0.25) is 19.2 Å². The molecule has 7 heteroatoms. The number of esters is 1. The fourth-order valence-corrected chi connectivity index (χ4v) is 3.57. The van der Waals surface area contributed by atoms with E-state index in [0.29, 0.717) is 0 Å². The lowest BCUT2D eigenvalue weighted by Crippen LogP contribution is -2.38. The molecule has 0 aromatic heterocycles. The van der Waals surface area contributed by atoms with Crippen molar-refractivity contribution in [3.8, 4) is 5.75 Å². The molecule has 2 aliphatic rings. The average molecular weight is 370 g/mol. The molecule has 0 saturated carbocycles. The highest BCUT2D eigenvalue weighted by molar-refractivity contribution is 6.20. The van der Waals surface area contributed by atoms with Gasteiger partial charge in [0.1, 0.15) is 11.5 Å². The number of aliphatic hydroxyl groups is 1. The summed E-state index contributed by atoms with van der Waals surface area (Å²) in [5.74, 6) is -5.15. The summed E-state index contributed by atoms with van der Waals surface area (Å²) in [6, 6.07) is 1.30. The normalized spacial score (nSPS) is 20.6. The largest absolute Gasteiger partial charge is 0.512 e. The first-order chi connectivity index (χ1) is 12.8. The maximum absolute atomic E-state index is 12.9. The van der Waals surface area contributed by atoms with Gasteiger partial charge in [0.25, 0.3) is 0 Å². The van der Waals surface area contributed by atoms with E-state index in [1.54, 1.807) is 6.92 Å². The van der Waals surface area contributed by atoms with Crippen molar-refractivity contribution in [1.29, 1.82) is 0 Å². The molecule has 3 rings (SSSR count). The minimum absolute atomic E-state index is 0.0304. The van der Waals surface area contributed by atoms with Crippen LogP contribution in [0.3, 0.4) is 0 Å². The van der Waals surface area contributed by atoms with Crippen LogP contribution in [0.2, 0.25) is 0 Å². The molecule has 0 radical (unpaired) electrons. The molecule has 0 fully saturated rings. The molecule has 0 heterocycles. The third-order valence-corrected chi connectivity index (χ3v) is 4.91. The Kier molecular flexibility index (Phi) is 4.70. The van der Waals surface area contributed by atoms with Gasteiger partial charge in [0.05, 0.1) is 36.5 Å². The molecule has 1 aromatic rings. The highest BCUT2D eigenvalue weighted by Crippen LogP contribution is 2.42. The molecule has 2 atom stereocenters. The van der Waals surface area contributed by atoms with Crippen molar-refractivity contribution < 1.29 is 34.1 Å². The number of Topliss-reactive ketones (excluding diaryl/α,β-unsaturated/α-hetero) is 3. The van der Waals surface area contributed by atoms with Crippen molar-refractivity contribution in [2.45, 2.75) is 19.8 Å². The van der Waals surface area contributed by atoms with E-state index in [9.17, 15) is 29.4 Å². The average Bonchev–Trinajstić information content (AvgIpc) is 2.65. The van der Waals surface area contributed by atoms with Crippen molar-refractivity contribution in [1.82, 2.24) is 0 Å². The summed E-state index contributed by atoms with van der Waals surface area (Å²) in [6.45, 7) is 1.58. The van der Waals surface area contributed by atoms with Crippen LogP contribution in [0, 0.1) is 11.8 Å². The number of benzene rings is 1. The fourth-order valence-electron chi connectivity index (χ4n) is 3.57. The smallest absolute Gasteiger partial charge is 0.310 e. The summed E-state index contributed by atoms with van der Waals surface area (Å²) in [5.41, 5.74) is -0.397. The summed E-state index contributed by atoms with van der Waals surface area (Å²) in [6.07, 6.45) is 4.02. The standard InChI is InChI=1S/C20H18O7/c1-3-12(21)15-9(8-14(23)27-2)7-11-17(19(15)25)20(26)16-10(18(11)24)5-4-6-13(16)22/h4-7,10,16,22,25H,3,8H2,1-2H3. The van der Waals surface area contributed by atoms with Gasteiger partial charge in [-0.1, -0.05) is 19.1 Å². The molecule has 27 heavy (non-hydrogen) atoms. The number of rotatable bonds is 4. The highest BCUT2D eigenvalue weighted by atomic mass is 16.5. The van der Waals surface area contributed by atoms with E-state index < -0.39 is 40.9 Å². The highest BCUT2D eigenvalue weighted by Gasteiger charge is 2.45. The van der Waals surface area contributed by atoms with Gasteiger partial charge in [0.2, 0.25) is 0 Å². The monoisotopic (exact) mass is 370 g/mol. The van der Waals surface area contributed by atoms with Gasteiger partial charge in [-0.25, -0.2) is 0 Å². The van der Waals surface area contributed by atoms with Gasteiger partial charge in [0.15, 0.2) is 17.3 Å². The van der Waals surface area contributed by atoms with Gasteiger partial charge in [-0.2, -0.15) is 0 Å². The summed E-state index contributed by atoms with van der Waals surface area (Å²) in [7, 11) is 1.18. The second-order valence-corrected chi connectivity index (χ2v) is 6.42. The zero-order valence-corrected chi connectivity index (χ0v) is 14.8. The van der Waals surface area contributed by atoms with Gasteiger partial charge in [-0.15, -0.1) is 0 Å². The van der Waals surface area contributed by atoms with Gasteiger partial charge in [-0.05, 0) is 17.7 Å². The Bertz CT molecular complexity index is 936. The molecule has 0 amide bonds. The van der Waals surface area contributed by atoms with Gasteiger partial charge >= 0.3 is 5.97 Å². The molecule has 0 aliphatic heterocycles. The molecular formula is C20H18O7. The molecular weight excluding hydrogens is 352 g/mol. The molecule has 140 valence electrons. The van der Waals surface area contributed by atoms with Crippen LogP contribution in [0.1, 0.15) is 50.0 Å². The second kappa shape index (κ2) is 6.83. The first-order valence-corrected chi connectivity index (χ1v) is 8.46. The van der Waals surface area contributed by atoms with Crippen molar-refractivity contribution in [3.63, 3.8) is 0 Å². The van der Waals surface area contributed by atoms with E-state index in [-0.39, 0.29) is 40.9 Å². The fraction of sp³-hybridized carbons (Fsp3) is 0.300. The third-order valence-electron chi connectivity index (χ3n) is 4.91. The zero-order valence-electron chi connectivity index (χ0n) is 14.8. The maximum Gasteiger partial charge on any atom is 0.310 e. The zero-order chi connectivity index (χ0) is 19.9. The topological polar surface area (TPSA) is 118 Å². The number of aromatic hydroxyl groups is 1. The number of phenolic OH excluding ortho intramolecular Hbond substituents is 1. The van der Waals surface area contributed by atoms with Crippen LogP contribution >= 0.6 is 0 Å². The number of hydrogen-bond acceptors (Lipinski definition) is 7. The lowest BCUT2D eigenvalue weighted by atomic mass is 9.70. The molecule has 2 N–H and O–H groups in total. The first-order valence-electron chi connectivity index (χ1n) is 8.46. The van der Waals surface area contributed by atoms with Crippen molar-refractivity contribution in [2.75, 3.05) is 7.11 Å². The SMILES string of the molecule is CCC(=O)c1c(CC(=O)OC)cc2c(c1O)C(=O)C1C(O)=CC=CC1C2=O. The van der Waals surface area contributed by atoms with E-state index >= 15 is 0 Å². The number of fused-ring (bicyclic) bond motifs is 2. The Morgan fingerprint density at radius 1 is 1.19 bits per heavy atom. The first kappa shape index (κ1) is 18.6. The van der Waals surface area contributed by atoms with Crippen molar-refractivity contribution in [3.05, 3.63) is 52.3 Å².